The smallest absolute Gasteiger partial charge is 0.339 e. The molecule has 3 aliphatic carbocycles. The van der Waals surface area contributed by atoms with Gasteiger partial charge in [-0.1, -0.05) is 40.7 Å². The van der Waals surface area contributed by atoms with Gasteiger partial charge in [-0.15, -0.1) is 0 Å². The number of fused-ring (bicyclic) bond motifs is 3. The minimum absolute atomic E-state index is 0.00639. The summed E-state index contributed by atoms with van der Waals surface area (Å²) in [6.45, 7) is 12.0. The first kappa shape index (κ1) is 23.0. The topological polar surface area (TPSA) is 95.3 Å². The van der Waals surface area contributed by atoms with E-state index in [1.807, 2.05) is 19.9 Å². The van der Waals surface area contributed by atoms with E-state index in [-0.39, 0.29) is 35.0 Å². The molecule has 7 heteroatoms. The molecule has 3 heterocycles. The van der Waals surface area contributed by atoms with Crippen molar-refractivity contribution < 1.29 is 33.0 Å². The normalized spacial score (nSPS) is 49.1. The molecule has 2 saturated carbocycles. The molecule has 0 radical (unpaired) electrons. The van der Waals surface area contributed by atoms with Gasteiger partial charge in [0.25, 0.3) is 0 Å². The van der Waals surface area contributed by atoms with E-state index in [2.05, 4.69) is 26.8 Å². The number of rotatable bonds is 2. The Bertz CT molecular complexity index is 1150. The van der Waals surface area contributed by atoms with Crippen molar-refractivity contribution in [1.82, 2.24) is 0 Å². The molecule has 0 aromatic carbocycles. The summed E-state index contributed by atoms with van der Waals surface area (Å²) in [5.41, 5.74) is -2.15. The van der Waals surface area contributed by atoms with E-state index in [0.717, 1.165) is 18.4 Å². The van der Waals surface area contributed by atoms with Gasteiger partial charge in [0.2, 0.25) is 0 Å². The lowest BCUT2D eigenvalue weighted by Crippen LogP contribution is -2.72. The van der Waals surface area contributed by atoms with E-state index in [1.165, 1.54) is 6.92 Å². The number of carbonyl (C=O) groups is 3. The van der Waals surface area contributed by atoms with Gasteiger partial charge >= 0.3 is 11.9 Å². The van der Waals surface area contributed by atoms with Crippen LogP contribution in [0.1, 0.15) is 72.5 Å². The lowest BCUT2D eigenvalue weighted by molar-refractivity contribution is -0.251. The third-order valence-electron chi connectivity index (χ3n) is 10.8. The first-order valence-electron chi connectivity index (χ1n) is 12.7. The van der Waals surface area contributed by atoms with Crippen LogP contribution >= 0.6 is 0 Å². The monoisotopic (exact) mass is 482 g/mol. The standard InChI is InChI=1S/C28H34O7/c1-15(29)33-20-13-18-24(2,3)19(30)8-10-25(18,4)17-7-11-26(5)21(16-9-12-32-14-16)34-23(31)22-28(26,35-22)27(17,20)6/h8-10,12,14,17-18,20-22H,7,11,13H2,1-6H3/t17-,18+,20-,21-,22+,25+,26-,27-,28+/m0/s1. The fourth-order valence-electron chi connectivity index (χ4n) is 9.20. The number of cyclic esters (lactones) is 1. The molecule has 5 aliphatic rings. The average molecular weight is 483 g/mol. The Morgan fingerprint density at radius 3 is 2.49 bits per heavy atom. The van der Waals surface area contributed by atoms with Gasteiger partial charge in [-0.05, 0) is 48.7 Å². The van der Waals surface area contributed by atoms with Crippen LogP contribution in [0.4, 0.5) is 0 Å². The number of hydrogen-bond donors (Lipinski definition) is 0. The van der Waals surface area contributed by atoms with Crippen molar-refractivity contribution in [1.29, 1.82) is 0 Å². The minimum atomic E-state index is -0.853. The zero-order valence-corrected chi connectivity index (χ0v) is 21.3. The van der Waals surface area contributed by atoms with E-state index < -0.39 is 40.2 Å². The maximum atomic E-state index is 13.2. The van der Waals surface area contributed by atoms with Gasteiger partial charge in [-0.2, -0.15) is 0 Å². The second kappa shape index (κ2) is 6.67. The van der Waals surface area contributed by atoms with Crippen LogP contribution in [0.15, 0.2) is 35.2 Å². The molecule has 0 amide bonds. The quantitative estimate of drug-likeness (QED) is 0.450. The molecule has 7 nitrogen and oxygen atoms in total. The first-order chi connectivity index (χ1) is 16.3. The second-order valence-corrected chi connectivity index (χ2v) is 12.6. The van der Waals surface area contributed by atoms with Crippen LogP contribution in [-0.2, 0) is 28.6 Å². The summed E-state index contributed by atoms with van der Waals surface area (Å²) in [6, 6.07) is 1.84. The van der Waals surface area contributed by atoms with Gasteiger partial charge in [-0.25, -0.2) is 4.79 Å². The predicted molar refractivity (Wildman–Crippen MR) is 124 cm³/mol. The number of allylic oxidation sites excluding steroid dienone is 2. The van der Waals surface area contributed by atoms with Crippen LogP contribution in [-0.4, -0.2) is 35.5 Å². The maximum Gasteiger partial charge on any atom is 0.339 e. The van der Waals surface area contributed by atoms with Crippen molar-refractivity contribution in [3.05, 3.63) is 36.3 Å². The number of epoxide rings is 1. The van der Waals surface area contributed by atoms with Crippen LogP contribution in [0, 0.1) is 33.5 Å². The Labute approximate surface area is 205 Å². The van der Waals surface area contributed by atoms with Gasteiger partial charge < -0.3 is 18.6 Å². The molecular formula is C28H34O7. The Morgan fingerprint density at radius 2 is 1.83 bits per heavy atom. The number of furan rings is 1. The van der Waals surface area contributed by atoms with Crippen molar-refractivity contribution in [2.45, 2.75) is 84.7 Å². The molecule has 2 aliphatic heterocycles. The summed E-state index contributed by atoms with van der Waals surface area (Å²) >= 11 is 0. The van der Waals surface area contributed by atoms with Gasteiger partial charge in [0.15, 0.2) is 11.9 Å². The number of ketones is 1. The van der Waals surface area contributed by atoms with Gasteiger partial charge in [-0.3, -0.25) is 9.59 Å². The molecule has 4 fully saturated rings. The fourth-order valence-corrected chi connectivity index (χ4v) is 9.20. The highest BCUT2D eigenvalue weighted by Crippen LogP contribution is 2.79. The molecule has 35 heavy (non-hydrogen) atoms. The fraction of sp³-hybridized carbons (Fsp3) is 0.679. The first-order valence-corrected chi connectivity index (χ1v) is 12.7. The SMILES string of the molecule is CC(=O)O[C@H]1C[C@@H]2C(C)(C)C(=O)C=C[C@]2(C)[C@@H]2CC[C@@]3(C)[C@H](c4ccoc4)OC(=O)[C@H]4O[C@]43[C@]12C. The molecule has 0 N–H and O–H groups in total. The third kappa shape index (κ3) is 2.48. The summed E-state index contributed by atoms with van der Waals surface area (Å²) < 4.78 is 24.0. The summed E-state index contributed by atoms with van der Waals surface area (Å²) in [4.78, 5) is 38.6. The molecule has 1 spiro atoms. The lowest BCUT2D eigenvalue weighted by Gasteiger charge is -2.68. The highest BCUT2D eigenvalue weighted by atomic mass is 16.7. The number of esters is 2. The predicted octanol–water partition coefficient (Wildman–Crippen LogP) is 4.56. The van der Waals surface area contributed by atoms with Crippen molar-refractivity contribution in [3.8, 4) is 0 Å². The van der Waals surface area contributed by atoms with E-state index in [1.54, 1.807) is 18.6 Å². The number of carbonyl (C=O) groups excluding carboxylic acids is 3. The molecule has 2 saturated heterocycles. The van der Waals surface area contributed by atoms with E-state index >= 15 is 0 Å². The third-order valence-corrected chi connectivity index (χ3v) is 10.8. The lowest BCUT2D eigenvalue weighted by atomic mass is 9.35. The number of ether oxygens (including phenoxy) is 3. The molecule has 0 bridgehead atoms. The van der Waals surface area contributed by atoms with E-state index in [9.17, 15) is 14.4 Å². The maximum absolute atomic E-state index is 13.2. The second-order valence-electron chi connectivity index (χ2n) is 12.6. The molecule has 9 atom stereocenters. The minimum Gasteiger partial charge on any atom is -0.472 e. The summed E-state index contributed by atoms with van der Waals surface area (Å²) in [5, 5.41) is 0. The Morgan fingerprint density at radius 1 is 1.09 bits per heavy atom. The van der Waals surface area contributed by atoms with E-state index in [0.29, 0.717) is 6.42 Å². The van der Waals surface area contributed by atoms with Crippen molar-refractivity contribution in [2.24, 2.45) is 33.5 Å². The van der Waals surface area contributed by atoms with Gasteiger partial charge in [0.05, 0.1) is 12.5 Å². The highest BCUT2D eigenvalue weighted by Gasteiger charge is 2.88. The van der Waals surface area contributed by atoms with Crippen LogP contribution in [0.25, 0.3) is 0 Å². The average Bonchev–Trinajstić information content (AvgIpc) is 3.35. The van der Waals surface area contributed by atoms with Crippen LogP contribution in [0.5, 0.6) is 0 Å². The number of hydrogen-bond acceptors (Lipinski definition) is 7. The highest BCUT2D eigenvalue weighted by molar-refractivity contribution is 5.95. The van der Waals surface area contributed by atoms with Crippen molar-refractivity contribution >= 4 is 17.7 Å². The summed E-state index contributed by atoms with van der Waals surface area (Å²) in [5.74, 6) is -0.603. The Hall–Kier alpha value is -2.41. The van der Waals surface area contributed by atoms with Crippen LogP contribution < -0.4 is 0 Å². The molecule has 1 aromatic rings. The van der Waals surface area contributed by atoms with Crippen molar-refractivity contribution in [2.75, 3.05) is 0 Å². The molecular weight excluding hydrogens is 448 g/mol. The Kier molecular flexibility index (Phi) is 4.38. The molecule has 0 unspecified atom stereocenters. The molecule has 6 rings (SSSR count). The van der Waals surface area contributed by atoms with E-state index in [4.69, 9.17) is 18.6 Å². The van der Waals surface area contributed by atoms with Crippen molar-refractivity contribution in [3.63, 3.8) is 0 Å². The van der Waals surface area contributed by atoms with Crippen LogP contribution in [0.2, 0.25) is 0 Å². The molecule has 1 aromatic heterocycles. The summed E-state index contributed by atoms with van der Waals surface area (Å²) in [6.07, 6.45) is 7.46. The summed E-state index contributed by atoms with van der Waals surface area (Å²) in [7, 11) is 0. The van der Waals surface area contributed by atoms with Crippen LogP contribution in [0.3, 0.4) is 0 Å². The van der Waals surface area contributed by atoms with Gasteiger partial charge in [0.1, 0.15) is 17.8 Å². The zero-order chi connectivity index (χ0) is 25.2. The largest absolute Gasteiger partial charge is 0.472 e. The molecule has 188 valence electrons. The Balaban J connectivity index is 1.55. The zero-order valence-electron chi connectivity index (χ0n) is 21.3. The van der Waals surface area contributed by atoms with Gasteiger partial charge in [0, 0.05) is 28.7 Å².